The number of anilines is 1. The third kappa shape index (κ3) is 5.17. The highest BCUT2D eigenvalue weighted by atomic mass is 32.2. The van der Waals surface area contributed by atoms with E-state index >= 15 is 0 Å². The molecule has 0 saturated carbocycles. The van der Waals surface area contributed by atoms with Crippen molar-refractivity contribution in [2.75, 3.05) is 31.1 Å². The minimum absolute atomic E-state index is 0.529. The maximum absolute atomic E-state index is 10.0. The first-order chi connectivity index (χ1) is 16.2. The van der Waals surface area contributed by atoms with Gasteiger partial charge < -0.3 is 15.5 Å². The minimum atomic E-state index is 0.529. The molecular formula is C26H32N6S. The molecule has 0 atom stereocenters. The molecule has 3 heterocycles. The van der Waals surface area contributed by atoms with Crippen LogP contribution in [0.15, 0.2) is 29.3 Å². The minimum Gasteiger partial charge on any atom is -0.355 e. The molecule has 6 nitrogen and oxygen atoms in total. The van der Waals surface area contributed by atoms with E-state index in [0.29, 0.717) is 30.1 Å². The number of rotatable bonds is 7. The fourth-order valence-electron chi connectivity index (χ4n) is 4.99. The second-order valence-corrected chi connectivity index (χ2v) is 9.78. The zero-order valence-corrected chi connectivity index (χ0v) is 20.2. The number of piperidine rings is 1. The summed E-state index contributed by atoms with van der Waals surface area (Å²) in [6.07, 6.45) is 5.47. The highest BCUT2D eigenvalue weighted by molar-refractivity contribution is 7.98. The summed E-state index contributed by atoms with van der Waals surface area (Å²) in [5, 5.41) is 20.7. The molecule has 0 amide bonds. The van der Waals surface area contributed by atoms with Crippen molar-refractivity contribution in [3.05, 3.63) is 52.1 Å². The van der Waals surface area contributed by atoms with Gasteiger partial charge in [0.05, 0.1) is 11.1 Å². The highest BCUT2D eigenvalue weighted by Crippen LogP contribution is 2.35. The smallest absolute Gasteiger partial charge is 0.148 e. The van der Waals surface area contributed by atoms with Crippen molar-refractivity contribution >= 4 is 17.6 Å². The number of benzene rings is 1. The Kier molecular flexibility index (Phi) is 7.88. The molecule has 2 N–H and O–H groups in total. The Labute approximate surface area is 201 Å². The number of aromatic nitrogens is 1. The van der Waals surface area contributed by atoms with Gasteiger partial charge in [-0.25, -0.2) is 4.98 Å². The monoisotopic (exact) mass is 460 g/mol. The molecule has 0 bridgehead atoms. The van der Waals surface area contributed by atoms with Gasteiger partial charge in [0.25, 0.3) is 0 Å². The largest absolute Gasteiger partial charge is 0.355 e. The Balaban J connectivity index is 1.58. The maximum atomic E-state index is 10.0. The van der Waals surface area contributed by atoms with Crippen LogP contribution in [0.3, 0.4) is 0 Å². The number of pyridine rings is 1. The summed E-state index contributed by atoms with van der Waals surface area (Å²) in [7, 11) is 0. The topological polar surface area (TPSA) is 93.0 Å². The summed E-state index contributed by atoms with van der Waals surface area (Å²) in [5.74, 6) is 1.48. The Morgan fingerprint density at radius 2 is 1.64 bits per heavy atom. The number of likely N-dealkylation sites (tertiary alicyclic amines) is 1. The van der Waals surface area contributed by atoms with Crippen molar-refractivity contribution < 1.29 is 0 Å². The number of nitrogens with two attached hydrogens (primary N) is 1. The predicted molar refractivity (Wildman–Crippen MR) is 133 cm³/mol. The lowest BCUT2D eigenvalue weighted by molar-refractivity contribution is 0.207. The van der Waals surface area contributed by atoms with Gasteiger partial charge in [0.2, 0.25) is 0 Å². The maximum Gasteiger partial charge on any atom is 0.148 e. The average Bonchev–Trinajstić information content (AvgIpc) is 3.42. The molecular weight excluding hydrogens is 428 g/mol. The van der Waals surface area contributed by atoms with Crippen LogP contribution < -0.4 is 10.6 Å². The molecule has 2 aromatic rings. The first-order valence-corrected chi connectivity index (χ1v) is 12.9. The molecule has 2 aliphatic rings. The summed E-state index contributed by atoms with van der Waals surface area (Å²) in [5.41, 5.74) is 9.93. The van der Waals surface area contributed by atoms with Crippen LogP contribution in [0.2, 0.25) is 0 Å². The van der Waals surface area contributed by atoms with Gasteiger partial charge in [-0.1, -0.05) is 31.2 Å². The SMILES string of the molecule is CCc1c(C#N)c(SCc2ccc(CN)cc2)nc(N2CCC(N3CCCC3)CC2)c1C#N. The van der Waals surface area contributed by atoms with Gasteiger partial charge in [-0.3, -0.25) is 0 Å². The van der Waals surface area contributed by atoms with Crippen LogP contribution in [0.1, 0.15) is 60.4 Å². The van der Waals surface area contributed by atoms with E-state index in [1.165, 1.54) is 31.5 Å². The molecule has 1 aromatic carbocycles. The van der Waals surface area contributed by atoms with E-state index < -0.39 is 0 Å². The molecule has 0 unspecified atom stereocenters. The third-order valence-electron chi connectivity index (χ3n) is 6.88. The second-order valence-electron chi connectivity index (χ2n) is 8.82. The van der Waals surface area contributed by atoms with Crippen LogP contribution in [0, 0.1) is 22.7 Å². The molecule has 4 rings (SSSR count). The molecule has 0 spiro atoms. The Morgan fingerprint density at radius 1 is 1.00 bits per heavy atom. The molecule has 0 aliphatic carbocycles. The normalized spacial score (nSPS) is 17.2. The number of hydrogen-bond acceptors (Lipinski definition) is 7. The van der Waals surface area contributed by atoms with Gasteiger partial charge in [-0.2, -0.15) is 10.5 Å². The lowest BCUT2D eigenvalue weighted by Crippen LogP contribution is -2.44. The molecule has 33 heavy (non-hydrogen) atoms. The van der Waals surface area contributed by atoms with Gasteiger partial charge in [0.15, 0.2) is 0 Å². The van der Waals surface area contributed by atoms with Crippen LogP contribution in [-0.2, 0) is 18.7 Å². The Hall–Kier alpha value is -2.58. The zero-order valence-electron chi connectivity index (χ0n) is 19.4. The van der Waals surface area contributed by atoms with Crippen LogP contribution in [-0.4, -0.2) is 42.1 Å². The molecule has 2 aliphatic heterocycles. The molecule has 0 radical (unpaired) electrons. The highest BCUT2D eigenvalue weighted by Gasteiger charge is 2.29. The van der Waals surface area contributed by atoms with E-state index in [1.54, 1.807) is 11.8 Å². The van der Waals surface area contributed by atoms with E-state index in [4.69, 9.17) is 10.7 Å². The Bertz CT molecular complexity index is 1040. The van der Waals surface area contributed by atoms with Crippen molar-refractivity contribution in [3.8, 4) is 12.1 Å². The van der Waals surface area contributed by atoms with Gasteiger partial charge in [-0.15, -0.1) is 11.8 Å². The standard InChI is InChI=1S/C26H32N6S/c1-2-22-23(16-28)25(32-13-9-21(10-14-32)31-11-3-4-12-31)30-26(24(22)17-29)33-18-20-7-5-19(15-27)6-8-20/h5-8,21H,2-4,9-15,18,27H2,1H3. The molecule has 2 saturated heterocycles. The van der Waals surface area contributed by atoms with Gasteiger partial charge >= 0.3 is 0 Å². The molecule has 2 fully saturated rings. The zero-order chi connectivity index (χ0) is 23.2. The quantitative estimate of drug-likeness (QED) is 0.619. The lowest BCUT2D eigenvalue weighted by atomic mass is 9.99. The predicted octanol–water partition coefficient (Wildman–Crippen LogP) is 4.20. The first kappa shape index (κ1) is 23.6. The number of hydrogen-bond donors (Lipinski definition) is 1. The van der Waals surface area contributed by atoms with Crippen molar-refractivity contribution in [3.63, 3.8) is 0 Å². The fraction of sp³-hybridized carbons (Fsp3) is 0.500. The van der Waals surface area contributed by atoms with Gasteiger partial charge in [0, 0.05) is 31.4 Å². The number of nitrogens with zero attached hydrogens (tertiary/aromatic N) is 5. The van der Waals surface area contributed by atoms with Crippen molar-refractivity contribution in [2.45, 2.75) is 62.4 Å². The van der Waals surface area contributed by atoms with E-state index in [2.05, 4.69) is 34.1 Å². The number of nitriles is 2. The molecule has 172 valence electrons. The summed E-state index contributed by atoms with van der Waals surface area (Å²) in [6, 6.07) is 13.6. The van der Waals surface area contributed by atoms with Crippen LogP contribution in [0.4, 0.5) is 5.82 Å². The Morgan fingerprint density at radius 3 is 2.21 bits per heavy atom. The van der Waals surface area contributed by atoms with E-state index in [9.17, 15) is 10.5 Å². The van der Waals surface area contributed by atoms with E-state index in [0.717, 1.165) is 53.7 Å². The van der Waals surface area contributed by atoms with Crippen molar-refractivity contribution in [1.29, 1.82) is 10.5 Å². The van der Waals surface area contributed by atoms with Crippen molar-refractivity contribution in [1.82, 2.24) is 9.88 Å². The van der Waals surface area contributed by atoms with Gasteiger partial charge in [0.1, 0.15) is 23.0 Å². The molecule has 7 heteroatoms. The summed E-state index contributed by atoms with van der Waals surface area (Å²) in [4.78, 5) is 9.83. The van der Waals surface area contributed by atoms with E-state index in [1.807, 2.05) is 19.1 Å². The third-order valence-corrected chi connectivity index (χ3v) is 7.93. The lowest BCUT2D eigenvalue weighted by Gasteiger charge is -2.37. The van der Waals surface area contributed by atoms with E-state index in [-0.39, 0.29) is 0 Å². The fourth-order valence-corrected chi connectivity index (χ4v) is 5.95. The summed E-state index contributed by atoms with van der Waals surface area (Å²) in [6.45, 7) is 6.79. The average molecular weight is 461 g/mol. The summed E-state index contributed by atoms with van der Waals surface area (Å²) >= 11 is 1.58. The van der Waals surface area contributed by atoms with Gasteiger partial charge in [-0.05, 0) is 61.9 Å². The number of thioether (sulfide) groups is 1. The van der Waals surface area contributed by atoms with Crippen molar-refractivity contribution in [2.24, 2.45) is 5.73 Å². The molecule has 1 aromatic heterocycles. The first-order valence-electron chi connectivity index (χ1n) is 11.9. The second kappa shape index (κ2) is 11.0. The van der Waals surface area contributed by atoms with Crippen LogP contribution >= 0.6 is 11.8 Å². The summed E-state index contributed by atoms with van der Waals surface area (Å²) < 4.78 is 0. The van der Waals surface area contributed by atoms with Crippen LogP contribution in [0.5, 0.6) is 0 Å². The van der Waals surface area contributed by atoms with Crippen LogP contribution in [0.25, 0.3) is 0 Å².